The Balaban J connectivity index is 1.68. The second-order valence-electron chi connectivity index (χ2n) is 9.54. The molecule has 1 unspecified atom stereocenters. The first kappa shape index (κ1) is 17.1. The molecule has 1 aliphatic heterocycles. The molecule has 25 heavy (non-hydrogen) atoms. The lowest BCUT2D eigenvalue weighted by Gasteiger charge is -2.60. The minimum Gasteiger partial charge on any atom is -0.355 e. The van der Waals surface area contributed by atoms with E-state index in [9.17, 15) is 9.59 Å². The average Bonchev–Trinajstić information content (AvgIpc) is 2.90. The fourth-order valence-corrected chi connectivity index (χ4v) is 7.49. The van der Waals surface area contributed by atoms with Gasteiger partial charge in [-0.25, -0.2) is 0 Å². The van der Waals surface area contributed by atoms with E-state index in [4.69, 9.17) is 0 Å². The summed E-state index contributed by atoms with van der Waals surface area (Å²) >= 11 is 0. The highest BCUT2D eigenvalue weighted by atomic mass is 16.2. The molecule has 3 fully saturated rings. The van der Waals surface area contributed by atoms with Gasteiger partial charge in [-0.05, 0) is 68.6 Å². The van der Waals surface area contributed by atoms with Gasteiger partial charge < -0.3 is 10.2 Å². The predicted octanol–water partition coefficient (Wildman–Crippen LogP) is 3.13. The van der Waals surface area contributed by atoms with Crippen LogP contribution in [-0.2, 0) is 9.59 Å². The van der Waals surface area contributed by atoms with E-state index < -0.39 is 0 Å². The van der Waals surface area contributed by atoms with Gasteiger partial charge >= 0.3 is 0 Å². The van der Waals surface area contributed by atoms with Crippen LogP contribution in [0, 0.1) is 28.6 Å². The number of rotatable bonds is 2. The number of hydrogen-bond donors (Lipinski definition) is 1. The summed E-state index contributed by atoms with van der Waals surface area (Å²) in [6.45, 7) is 6.80. The molecule has 1 N–H and O–H groups in total. The Morgan fingerprint density at radius 2 is 1.92 bits per heavy atom. The lowest BCUT2D eigenvalue weighted by atomic mass is 9.48. The Bertz CT molecular complexity index is 629. The van der Waals surface area contributed by atoms with Gasteiger partial charge in [-0.2, -0.15) is 0 Å². The van der Waals surface area contributed by atoms with Crippen molar-refractivity contribution in [3.05, 3.63) is 11.6 Å². The van der Waals surface area contributed by atoms with Crippen molar-refractivity contribution in [1.82, 2.24) is 10.2 Å². The number of amides is 2. The molecule has 1 heterocycles. The SMILES string of the molecule is CC1=C[C@]2(C)[C@H]3CC[C@]4(C)C(NC=O)CC[C@H]4[C@@H]3CC[C@H]2N(C)C1=O. The van der Waals surface area contributed by atoms with E-state index in [1.807, 2.05) is 18.9 Å². The maximum absolute atomic E-state index is 12.4. The zero-order valence-corrected chi connectivity index (χ0v) is 16.0. The highest BCUT2D eigenvalue weighted by molar-refractivity contribution is 5.94. The Kier molecular flexibility index (Phi) is 3.82. The molecule has 7 atom stereocenters. The van der Waals surface area contributed by atoms with Crippen molar-refractivity contribution in [3.63, 3.8) is 0 Å². The van der Waals surface area contributed by atoms with Crippen molar-refractivity contribution in [3.8, 4) is 0 Å². The molecular weight excluding hydrogens is 312 g/mol. The summed E-state index contributed by atoms with van der Waals surface area (Å²) in [5, 5.41) is 3.12. The van der Waals surface area contributed by atoms with Crippen molar-refractivity contribution >= 4 is 12.3 Å². The van der Waals surface area contributed by atoms with Crippen LogP contribution >= 0.6 is 0 Å². The molecule has 4 nitrogen and oxygen atoms in total. The van der Waals surface area contributed by atoms with Crippen molar-refractivity contribution in [1.29, 1.82) is 0 Å². The molecule has 0 aromatic heterocycles. The summed E-state index contributed by atoms with van der Waals surface area (Å²) in [6, 6.07) is 0.689. The normalized spacial score (nSPS) is 49.0. The van der Waals surface area contributed by atoms with Gasteiger partial charge in [-0.1, -0.05) is 19.9 Å². The minimum atomic E-state index is 0.104. The van der Waals surface area contributed by atoms with Gasteiger partial charge in [0.15, 0.2) is 0 Å². The lowest BCUT2D eigenvalue weighted by Crippen LogP contribution is -2.60. The molecule has 0 saturated heterocycles. The average molecular weight is 344 g/mol. The number of nitrogens with zero attached hydrogens (tertiary/aromatic N) is 1. The van der Waals surface area contributed by atoms with Crippen LogP contribution in [0.25, 0.3) is 0 Å². The Morgan fingerprint density at radius 1 is 1.16 bits per heavy atom. The van der Waals surface area contributed by atoms with Gasteiger partial charge in [0.2, 0.25) is 12.3 Å². The van der Waals surface area contributed by atoms with Gasteiger partial charge in [0.1, 0.15) is 0 Å². The lowest BCUT2D eigenvalue weighted by molar-refractivity contribution is -0.139. The third kappa shape index (κ3) is 2.18. The Hall–Kier alpha value is -1.32. The Labute approximate surface area is 151 Å². The van der Waals surface area contributed by atoms with Crippen molar-refractivity contribution in [2.75, 3.05) is 7.05 Å². The van der Waals surface area contributed by atoms with Crippen LogP contribution in [0.2, 0.25) is 0 Å². The second-order valence-corrected chi connectivity index (χ2v) is 9.54. The smallest absolute Gasteiger partial charge is 0.249 e. The monoisotopic (exact) mass is 344 g/mol. The molecular formula is C21H32N2O2. The molecule has 0 aromatic rings. The number of fused-ring (bicyclic) bond motifs is 5. The second kappa shape index (κ2) is 5.59. The van der Waals surface area contributed by atoms with Crippen LogP contribution in [0.5, 0.6) is 0 Å². The molecule has 0 spiro atoms. The van der Waals surface area contributed by atoms with E-state index in [2.05, 4.69) is 25.2 Å². The summed E-state index contributed by atoms with van der Waals surface area (Å²) in [7, 11) is 1.99. The number of nitrogens with one attached hydrogen (secondary N) is 1. The van der Waals surface area contributed by atoms with Gasteiger partial charge in [0.05, 0.1) is 0 Å². The molecule has 0 bridgehead atoms. The van der Waals surface area contributed by atoms with E-state index in [0.717, 1.165) is 30.7 Å². The zero-order valence-electron chi connectivity index (χ0n) is 16.0. The Morgan fingerprint density at radius 3 is 2.64 bits per heavy atom. The fraction of sp³-hybridized carbons (Fsp3) is 0.810. The molecule has 138 valence electrons. The van der Waals surface area contributed by atoms with E-state index in [1.165, 1.54) is 25.7 Å². The number of carbonyl (C=O) groups is 2. The van der Waals surface area contributed by atoms with Crippen LogP contribution in [-0.4, -0.2) is 36.3 Å². The molecule has 3 aliphatic carbocycles. The van der Waals surface area contributed by atoms with Gasteiger partial charge in [-0.3, -0.25) is 9.59 Å². The standard InChI is InChI=1S/C21H32N2O2/c1-13-11-21(3)16-9-10-20(2)15(6-7-17(20)22-12-24)14(16)5-8-18(21)23(4)19(13)25/h11-12,14-18H,5-10H2,1-4H3,(H,22,24)/t14-,15-,16-,17?,18+,20-,21+/m0/s1. The van der Waals surface area contributed by atoms with E-state index in [1.54, 1.807) is 0 Å². The molecule has 4 rings (SSSR count). The molecule has 2 amide bonds. The van der Waals surface area contributed by atoms with Crippen LogP contribution in [0.15, 0.2) is 11.6 Å². The number of likely N-dealkylation sites (N-methyl/N-ethyl adjacent to an activating group) is 1. The number of carbonyl (C=O) groups excluding carboxylic acids is 2. The first-order valence-electron chi connectivity index (χ1n) is 9.99. The summed E-state index contributed by atoms with van der Waals surface area (Å²) in [4.78, 5) is 25.5. The maximum atomic E-state index is 12.4. The van der Waals surface area contributed by atoms with Gasteiger partial charge in [0, 0.05) is 30.1 Å². The highest BCUT2D eigenvalue weighted by Crippen LogP contribution is 2.64. The topological polar surface area (TPSA) is 49.4 Å². The summed E-state index contributed by atoms with van der Waals surface area (Å²) in [5.74, 6) is 2.30. The molecule has 4 aliphatic rings. The summed E-state index contributed by atoms with van der Waals surface area (Å²) in [6.07, 6.45) is 10.3. The maximum Gasteiger partial charge on any atom is 0.249 e. The van der Waals surface area contributed by atoms with E-state index >= 15 is 0 Å². The van der Waals surface area contributed by atoms with Crippen molar-refractivity contribution in [2.24, 2.45) is 28.6 Å². The quantitative estimate of drug-likeness (QED) is 0.783. The predicted molar refractivity (Wildman–Crippen MR) is 97.7 cm³/mol. The minimum absolute atomic E-state index is 0.104. The van der Waals surface area contributed by atoms with Crippen molar-refractivity contribution in [2.45, 2.75) is 71.4 Å². The van der Waals surface area contributed by atoms with Crippen LogP contribution < -0.4 is 5.32 Å². The highest BCUT2D eigenvalue weighted by Gasteiger charge is 2.60. The van der Waals surface area contributed by atoms with E-state index in [0.29, 0.717) is 23.9 Å². The molecule has 4 heteroatoms. The molecule has 3 saturated carbocycles. The van der Waals surface area contributed by atoms with Crippen LogP contribution in [0.4, 0.5) is 0 Å². The largest absolute Gasteiger partial charge is 0.355 e. The fourth-order valence-electron chi connectivity index (χ4n) is 7.49. The molecule has 0 aromatic carbocycles. The van der Waals surface area contributed by atoms with E-state index in [-0.39, 0.29) is 16.7 Å². The first-order chi connectivity index (χ1) is 11.8. The molecule has 0 radical (unpaired) electrons. The summed E-state index contributed by atoms with van der Waals surface area (Å²) < 4.78 is 0. The van der Waals surface area contributed by atoms with Crippen LogP contribution in [0.3, 0.4) is 0 Å². The third-order valence-corrected chi connectivity index (χ3v) is 8.65. The summed E-state index contributed by atoms with van der Waals surface area (Å²) in [5.41, 5.74) is 1.27. The third-order valence-electron chi connectivity index (χ3n) is 8.65. The zero-order chi connectivity index (χ0) is 18.0. The van der Waals surface area contributed by atoms with Crippen LogP contribution in [0.1, 0.15) is 59.3 Å². The van der Waals surface area contributed by atoms with Gasteiger partial charge in [-0.15, -0.1) is 0 Å². The van der Waals surface area contributed by atoms with Crippen molar-refractivity contribution < 1.29 is 9.59 Å². The number of hydrogen-bond acceptors (Lipinski definition) is 2. The van der Waals surface area contributed by atoms with Gasteiger partial charge in [0.25, 0.3) is 0 Å². The first-order valence-corrected chi connectivity index (χ1v) is 9.99.